The summed E-state index contributed by atoms with van der Waals surface area (Å²) in [5.41, 5.74) is 0. The second kappa shape index (κ2) is 8.20. The fourth-order valence-corrected chi connectivity index (χ4v) is 4.75. The molecule has 1 aromatic heterocycles. The summed E-state index contributed by atoms with van der Waals surface area (Å²) in [4.78, 5) is 16.3. The average Bonchev–Trinajstić information content (AvgIpc) is 3.15. The summed E-state index contributed by atoms with van der Waals surface area (Å²) in [5, 5.41) is 0. The maximum absolute atomic E-state index is 12.2. The van der Waals surface area contributed by atoms with Crippen molar-refractivity contribution < 1.29 is 9.21 Å². The maximum atomic E-state index is 12.2. The van der Waals surface area contributed by atoms with E-state index in [9.17, 15) is 4.79 Å². The predicted octanol–water partition coefficient (Wildman–Crippen LogP) is 3.64. The molecule has 1 aliphatic carbocycles. The lowest BCUT2D eigenvalue weighted by atomic mass is 9.91. The van der Waals surface area contributed by atoms with Crippen LogP contribution in [0.4, 0.5) is 0 Å². The van der Waals surface area contributed by atoms with Crippen LogP contribution in [0.3, 0.4) is 0 Å². The minimum absolute atomic E-state index is 0.0181. The molecule has 0 radical (unpaired) electrons. The van der Waals surface area contributed by atoms with Crippen LogP contribution >= 0.6 is 24.0 Å². The van der Waals surface area contributed by atoms with Crippen LogP contribution in [0.2, 0.25) is 0 Å². The van der Waals surface area contributed by atoms with Gasteiger partial charge in [0.2, 0.25) is 0 Å². The van der Waals surface area contributed by atoms with E-state index in [2.05, 4.69) is 4.90 Å². The Morgan fingerprint density at radius 3 is 2.52 bits per heavy atom. The van der Waals surface area contributed by atoms with E-state index in [1.54, 1.807) is 18.4 Å². The van der Waals surface area contributed by atoms with Crippen LogP contribution < -0.4 is 0 Å². The molecule has 2 fully saturated rings. The van der Waals surface area contributed by atoms with E-state index in [4.69, 9.17) is 16.6 Å². The van der Waals surface area contributed by atoms with Crippen molar-refractivity contribution in [2.75, 3.05) is 31.9 Å². The molecule has 0 atom stereocenters. The SMILES string of the molecule is O=C(c1ccco1)N1CCN(C(=S)SCC2CCCCC2)CC1. The highest BCUT2D eigenvalue weighted by molar-refractivity contribution is 8.22. The normalized spacial score (nSPS) is 19.8. The molecule has 6 heteroatoms. The van der Waals surface area contributed by atoms with Crippen molar-refractivity contribution in [3.05, 3.63) is 24.2 Å². The molecule has 3 rings (SSSR count). The van der Waals surface area contributed by atoms with E-state index in [1.165, 1.54) is 32.1 Å². The third kappa shape index (κ3) is 4.51. The van der Waals surface area contributed by atoms with Gasteiger partial charge in [-0.2, -0.15) is 0 Å². The van der Waals surface area contributed by atoms with Gasteiger partial charge < -0.3 is 14.2 Å². The van der Waals surface area contributed by atoms with Crippen LogP contribution in [0.15, 0.2) is 22.8 Å². The minimum atomic E-state index is -0.0181. The van der Waals surface area contributed by atoms with Crippen LogP contribution in [-0.4, -0.2) is 52.0 Å². The Balaban J connectivity index is 1.41. The van der Waals surface area contributed by atoms with Crippen molar-refractivity contribution in [2.45, 2.75) is 32.1 Å². The number of hydrogen-bond donors (Lipinski definition) is 0. The second-order valence-electron chi connectivity index (χ2n) is 6.34. The maximum Gasteiger partial charge on any atom is 0.289 e. The zero-order valence-electron chi connectivity index (χ0n) is 13.4. The number of hydrogen-bond acceptors (Lipinski definition) is 4. The zero-order valence-corrected chi connectivity index (χ0v) is 15.0. The van der Waals surface area contributed by atoms with Crippen LogP contribution in [0.1, 0.15) is 42.7 Å². The average molecular weight is 353 g/mol. The standard InChI is InChI=1S/C17H24N2O2S2/c20-16(15-7-4-12-21-15)18-8-10-19(11-9-18)17(22)23-13-14-5-2-1-3-6-14/h4,7,12,14H,1-3,5-6,8-11,13H2. The molecule has 1 aromatic rings. The first kappa shape index (κ1) is 16.8. The van der Waals surface area contributed by atoms with Crippen LogP contribution in [0.5, 0.6) is 0 Å². The second-order valence-corrected chi connectivity index (χ2v) is 7.99. The van der Waals surface area contributed by atoms with Crippen LogP contribution in [0, 0.1) is 5.92 Å². The molecule has 4 nitrogen and oxygen atoms in total. The van der Waals surface area contributed by atoms with Gasteiger partial charge in [-0.3, -0.25) is 4.79 Å². The van der Waals surface area contributed by atoms with E-state index in [1.807, 2.05) is 16.7 Å². The molecule has 2 aliphatic rings. The molecule has 0 unspecified atom stereocenters. The van der Waals surface area contributed by atoms with E-state index >= 15 is 0 Å². The first-order chi connectivity index (χ1) is 11.2. The van der Waals surface area contributed by atoms with Crippen molar-refractivity contribution in [1.29, 1.82) is 0 Å². The summed E-state index contributed by atoms with van der Waals surface area (Å²) in [6.45, 7) is 3.07. The van der Waals surface area contributed by atoms with Crippen LogP contribution in [0.25, 0.3) is 0 Å². The number of thioether (sulfide) groups is 1. The monoisotopic (exact) mass is 352 g/mol. The Hall–Kier alpha value is -1.01. The smallest absolute Gasteiger partial charge is 0.289 e. The first-order valence-electron chi connectivity index (χ1n) is 8.48. The molecule has 0 N–H and O–H groups in total. The Morgan fingerprint density at radius 2 is 1.87 bits per heavy atom. The largest absolute Gasteiger partial charge is 0.459 e. The Bertz CT molecular complexity index is 519. The number of thiocarbonyl (C=S) groups is 1. The predicted molar refractivity (Wildman–Crippen MR) is 97.8 cm³/mol. The molecule has 1 aliphatic heterocycles. The zero-order chi connectivity index (χ0) is 16.1. The van der Waals surface area contributed by atoms with E-state index in [0.717, 1.165) is 29.1 Å². The molecular formula is C17H24N2O2S2. The van der Waals surface area contributed by atoms with Gasteiger partial charge in [0.25, 0.3) is 5.91 Å². The summed E-state index contributed by atoms with van der Waals surface area (Å²) in [6.07, 6.45) is 8.43. The summed E-state index contributed by atoms with van der Waals surface area (Å²) in [6, 6.07) is 3.47. The molecular weight excluding hydrogens is 328 g/mol. The molecule has 1 saturated heterocycles. The summed E-state index contributed by atoms with van der Waals surface area (Å²) >= 11 is 7.43. The lowest BCUT2D eigenvalue weighted by Gasteiger charge is -2.35. The molecule has 23 heavy (non-hydrogen) atoms. The van der Waals surface area contributed by atoms with Gasteiger partial charge in [-0.05, 0) is 30.9 Å². The van der Waals surface area contributed by atoms with Gasteiger partial charge in [0, 0.05) is 31.9 Å². The van der Waals surface area contributed by atoms with Crippen LogP contribution in [-0.2, 0) is 0 Å². The van der Waals surface area contributed by atoms with E-state index in [0.29, 0.717) is 18.8 Å². The van der Waals surface area contributed by atoms with E-state index in [-0.39, 0.29) is 5.91 Å². The Labute approximate surface area is 147 Å². The minimum Gasteiger partial charge on any atom is -0.459 e. The molecule has 126 valence electrons. The van der Waals surface area contributed by atoms with Gasteiger partial charge >= 0.3 is 0 Å². The molecule has 2 heterocycles. The lowest BCUT2D eigenvalue weighted by molar-refractivity contribution is 0.0663. The van der Waals surface area contributed by atoms with Crippen molar-refractivity contribution in [3.63, 3.8) is 0 Å². The molecule has 0 spiro atoms. The van der Waals surface area contributed by atoms with Gasteiger partial charge in [0.15, 0.2) is 5.76 Å². The van der Waals surface area contributed by atoms with Gasteiger partial charge in [0.05, 0.1) is 6.26 Å². The highest BCUT2D eigenvalue weighted by Gasteiger charge is 2.25. The third-order valence-corrected chi connectivity index (χ3v) is 6.48. The fourth-order valence-electron chi connectivity index (χ4n) is 3.28. The van der Waals surface area contributed by atoms with Gasteiger partial charge in [-0.1, -0.05) is 43.2 Å². The van der Waals surface area contributed by atoms with Gasteiger partial charge in [0.1, 0.15) is 4.32 Å². The lowest BCUT2D eigenvalue weighted by Crippen LogP contribution is -2.49. The van der Waals surface area contributed by atoms with Gasteiger partial charge in [-0.15, -0.1) is 0 Å². The number of rotatable bonds is 3. The summed E-state index contributed by atoms with van der Waals surface area (Å²) < 4.78 is 6.19. The summed E-state index contributed by atoms with van der Waals surface area (Å²) in [5.74, 6) is 2.40. The fraction of sp³-hybridized carbons (Fsp3) is 0.647. The van der Waals surface area contributed by atoms with Crippen molar-refractivity contribution >= 4 is 34.2 Å². The third-order valence-electron chi connectivity index (χ3n) is 4.72. The summed E-state index contributed by atoms with van der Waals surface area (Å²) in [7, 11) is 0. The van der Waals surface area contributed by atoms with Crippen molar-refractivity contribution in [3.8, 4) is 0 Å². The van der Waals surface area contributed by atoms with Crippen molar-refractivity contribution in [2.24, 2.45) is 5.92 Å². The molecule has 0 aromatic carbocycles. The number of amides is 1. The van der Waals surface area contributed by atoms with Gasteiger partial charge in [-0.25, -0.2) is 0 Å². The molecule has 1 saturated carbocycles. The molecule has 0 bridgehead atoms. The van der Waals surface area contributed by atoms with Crippen molar-refractivity contribution in [1.82, 2.24) is 9.80 Å². The quantitative estimate of drug-likeness (QED) is 0.777. The number of piperazine rings is 1. The Morgan fingerprint density at radius 1 is 1.17 bits per heavy atom. The molecule has 1 amide bonds. The number of nitrogens with zero attached hydrogens (tertiary/aromatic N) is 2. The number of carbonyl (C=O) groups is 1. The highest BCUT2D eigenvalue weighted by atomic mass is 32.2. The topological polar surface area (TPSA) is 36.7 Å². The van der Waals surface area contributed by atoms with E-state index < -0.39 is 0 Å². The number of furan rings is 1. The highest BCUT2D eigenvalue weighted by Crippen LogP contribution is 2.28. The number of carbonyl (C=O) groups excluding carboxylic acids is 1. The first-order valence-corrected chi connectivity index (χ1v) is 9.88. The Kier molecular flexibility index (Phi) is 6.00.